The van der Waals surface area contributed by atoms with Crippen LogP contribution in [0.5, 0.6) is 0 Å². The number of amides is 2. The molecule has 2 N–H and O–H groups in total. The Bertz CT molecular complexity index is 657. The number of likely N-dealkylation sites (tertiary alicyclic amines) is 1. The third-order valence-corrected chi connectivity index (χ3v) is 4.79. The van der Waals surface area contributed by atoms with Gasteiger partial charge in [-0.3, -0.25) is 4.79 Å². The van der Waals surface area contributed by atoms with Crippen LogP contribution in [0.2, 0.25) is 0 Å². The lowest BCUT2D eigenvalue weighted by Crippen LogP contribution is -2.43. The standard InChI is InChI=1S/C21H31FN2O4/c1-21(2,3)28-20(27)24-12-4-5-15(13-24)10-11-23-19(26)18(14-25)16-6-8-17(22)9-7-16/h6-9,15,18,25H,4-5,10-14H2,1-3H3,(H,23,26)/t15-,18-/m0/s1. The van der Waals surface area contributed by atoms with E-state index < -0.39 is 11.5 Å². The van der Waals surface area contributed by atoms with Crippen LogP contribution in [0.15, 0.2) is 24.3 Å². The number of halogens is 1. The van der Waals surface area contributed by atoms with E-state index in [9.17, 15) is 19.1 Å². The van der Waals surface area contributed by atoms with E-state index >= 15 is 0 Å². The molecule has 2 rings (SSSR count). The molecule has 6 nitrogen and oxygen atoms in total. The zero-order chi connectivity index (χ0) is 20.7. The summed E-state index contributed by atoms with van der Waals surface area (Å²) in [6.07, 6.45) is 2.36. The van der Waals surface area contributed by atoms with Crippen molar-refractivity contribution < 1.29 is 23.8 Å². The smallest absolute Gasteiger partial charge is 0.410 e. The summed E-state index contributed by atoms with van der Waals surface area (Å²) in [5.74, 6) is -1.09. The van der Waals surface area contributed by atoms with Crippen LogP contribution >= 0.6 is 0 Å². The molecule has 0 bridgehead atoms. The average Bonchev–Trinajstić information content (AvgIpc) is 2.63. The van der Waals surface area contributed by atoms with Gasteiger partial charge in [-0.15, -0.1) is 0 Å². The van der Waals surface area contributed by atoms with Gasteiger partial charge in [0.05, 0.1) is 12.5 Å². The van der Waals surface area contributed by atoms with E-state index in [4.69, 9.17) is 4.74 Å². The quantitative estimate of drug-likeness (QED) is 0.777. The highest BCUT2D eigenvalue weighted by Crippen LogP contribution is 2.22. The van der Waals surface area contributed by atoms with Crippen molar-refractivity contribution in [2.24, 2.45) is 5.92 Å². The van der Waals surface area contributed by atoms with Gasteiger partial charge in [-0.25, -0.2) is 9.18 Å². The van der Waals surface area contributed by atoms with Crippen molar-refractivity contribution in [2.75, 3.05) is 26.2 Å². The van der Waals surface area contributed by atoms with Crippen LogP contribution in [0, 0.1) is 11.7 Å². The zero-order valence-electron chi connectivity index (χ0n) is 16.9. The van der Waals surface area contributed by atoms with Gasteiger partial charge in [0.15, 0.2) is 0 Å². The Balaban J connectivity index is 1.80. The number of hydrogen-bond acceptors (Lipinski definition) is 4. The summed E-state index contributed by atoms with van der Waals surface area (Å²) in [5.41, 5.74) is 0.0627. The van der Waals surface area contributed by atoms with E-state index in [-0.39, 0.29) is 24.4 Å². The summed E-state index contributed by atoms with van der Waals surface area (Å²) in [6, 6.07) is 5.57. The molecule has 1 aliphatic rings. The molecule has 1 saturated heterocycles. The second-order valence-electron chi connectivity index (χ2n) is 8.30. The first-order chi connectivity index (χ1) is 13.2. The number of rotatable bonds is 6. The Labute approximate surface area is 166 Å². The van der Waals surface area contributed by atoms with Gasteiger partial charge in [0.25, 0.3) is 0 Å². The molecule has 1 aromatic carbocycles. The van der Waals surface area contributed by atoms with Gasteiger partial charge in [-0.05, 0) is 63.6 Å². The molecule has 156 valence electrons. The predicted octanol–water partition coefficient (Wildman–Crippen LogP) is 3.06. The molecule has 0 spiro atoms. The molecule has 0 aromatic heterocycles. The Morgan fingerprint density at radius 3 is 2.61 bits per heavy atom. The van der Waals surface area contributed by atoms with Crippen molar-refractivity contribution in [3.05, 3.63) is 35.6 Å². The maximum Gasteiger partial charge on any atom is 0.410 e. The molecule has 7 heteroatoms. The van der Waals surface area contributed by atoms with Gasteiger partial charge in [-0.2, -0.15) is 0 Å². The van der Waals surface area contributed by atoms with Crippen molar-refractivity contribution in [1.82, 2.24) is 10.2 Å². The molecule has 1 aromatic rings. The van der Waals surface area contributed by atoms with Crippen LogP contribution in [0.25, 0.3) is 0 Å². The lowest BCUT2D eigenvalue weighted by Gasteiger charge is -2.34. The highest BCUT2D eigenvalue weighted by Gasteiger charge is 2.27. The second kappa shape index (κ2) is 9.87. The summed E-state index contributed by atoms with van der Waals surface area (Å²) >= 11 is 0. The van der Waals surface area contributed by atoms with E-state index in [1.807, 2.05) is 20.8 Å². The largest absolute Gasteiger partial charge is 0.444 e. The molecule has 28 heavy (non-hydrogen) atoms. The van der Waals surface area contributed by atoms with E-state index in [0.29, 0.717) is 31.1 Å². The first-order valence-corrected chi connectivity index (χ1v) is 9.81. The van der Waals surface area contributed by atoms with Crippen LogP contribution in [0.4, 0.5) is 9.18 Å². The number of ether oxygens (including phenoxy) is 1. The Morgan fingerprint density at radius 1 is 1.32 bits per heavy atom. The van der Waals surface area contributed by atoms with Gasteiger partial charge >= 0.3 is 6.09 Å². The van der Waals surface area contributed by atoms with Crippen molar-refractivity contribution in [3.63, 3.8) is 0 Å². The van der Waals surface area contributed by atoms with E-state index in [0.717, 1.165) is 19.3 Å². The molecule has 1 heterocycles. The minimum Gasteiger partial charge on any atom is -0.444 e. The molecule has 0 aliphatic carbocycles. The predicted molar refractivity (Wildman–Crippen MR) is 104 cm³/mol. The maximum absolute atomic E-state index is 13.0. The second-order valence-corrected chi connectivity index (χ2v) is 8.30. The van der Waals surface area contributed by atoms with Crippen molar-refractivity contribution in [2.45, 2.75) is 51.6 Å². The number of piperidine rings is 1. The number of benzene rings is 1. The molecule has 1 fully saturated rings. The Kier molecular flexibility index (Phi) is 7.80. The number of carbonyl (C=O) groups is 2. The van der Waals surface area contributed by atoms with Gasteiger partial charge in [0.2, 0.25) is 5.91 Å². The number of carbonyl (C=O) groups excluding carboxylic acids is 2. The molecule has 2 amide bonds. The number of aliphatic hydroxyl groups excluding tert-OH is 1. The zero-order valence-corrected chi connectivity index (χ0v) is 16.9. The minimum atomic E-state index is -0.717. The number of aliphatic hydroxyl groups is 1. The Hall–Kier alpha value is -2.15. The first-order valence-electron chi connectivity index (χ1n) is 9.81. The Morgan fingerprint density at radius 2 is 2.00 bits per heavy atom. The first kappa shape index (κ1) is 22.1. The summed E-state index contributed by atoms with van der Waals surface area (Å²) in [7, 11) is 0. The summed E-state index contributed by atoms with van der Waals surface area (Å²) in [5, 5.41) is 12.4. The minimum absolute atomic E-state index is 0.283. The summed E-state index contributed by atoms with van der Waals surface area (Å²) in [4.78, 5) is 26.3. The average molecular weight is 394 g/mol. The van der Waals surface area contributed by atoms with Crippen LogP contribution in [0.3, 0.4) is 0 Å². The van der Waals surface area contributed by atoms with E-state index in [1.165, 1.54) is 24.3 Å². The fourth-order valence-corrected chi connectivity index (χ4v) is 3.35. The maximum atomic E-state index is 13.0. The SMILES string of the molecule is CC(C)(C)OC(=O)N1CCC[C@@H](CCNC(=O)[C@@H](CO)c2ccc(F)cc2)C1. The molecule has 0 radical (unpaired) electrons. The van der Waals surface area contributed by atoms with Gasteiger partial charge in [-0.1, -0.05) is 12.1 Å². The van der Waals surface area contributed by atoms with Crippen molar-refractivity contribution >= 4 is 12.0 Å². The fraction of sp³-hybridized carbons (Fsp3) is 0.619. The third-order valence-electron chi connectivity index (χ3n) is 4.79. The molecular weight excluding hydrogens is 363 g/mol. The molecule has 1 aliphatic heterocycles. The summed E-state index contributed by atoms with van der Waals surface area (Å²) < 4.78 is 18.5. The monoisotopic (exact) mass is 394 g/mol. The van der Waals surface area contributed by atoms with E-state index in [1.54, 1.807) is 4.90 Å². The lowest BCUT2D eigenvalue weighted by atomic mass is 9.94. The van der Waals surface area contributed by atoms with Crippen LogP contribution < -0.4 is 5.32 Å². The number of hydrogen-bond donors (Lipinski definition) is 2. The van der Waals surface area contributed by atoms with Crippen LogP contribution in [-0.4, -0.2) is 53.8 Å². The topological polar surface area (TPSA) is 78.9 Å². The normalized spacial score (nSPS) is 18.5. The molecular formula is C21H31FN2O4. The van der Waals surface area contributed by atoms with Crippen LogP contribution in [-0.2, 0) is 9.53 Å². The van der Waals surface area contributed by atoms with E-state index in [2.05, 4.69) is 5.32 Å². The lowest BCUT2D eigenvalue weighted by molar-refractivity contribution is -0.123. The molecule has 0 unspecified atom stereocenters. The molecule has 0 saturated carbocycles. The van der Waals surface area contributed by atoms with Gasteiger partial charge in [0, 0.05) is 19.6 Å². The molecule has 2 atom stereocenters. The van der Waals surface area contributed by atoms with Crippen LogP contribution in [0.1, 0.15) is 51.5 Å². The van der Waals surface area contributed by atoms with Crippen molar-refractivity contribution in [1.29, 1.82) is 0 Å². The van der Waals surface area contributed by atoms with Crippen molar-refractivity contribution in [3.8, 4) is 0 Å². The number of nitrogens with zero attached hydrogens (tertiary/aromatic N) is 1. The highest BCUT2D eigenvalue weighted by atomic mass is 19.1. The fourth-order valence-electron chi connectivity index (χ4n) is 3.35. The third kappa shape index (κ3) is 6.78. The van der Waals surface area contributed by atoms with Gasteiger partial charge < -0.3 is 20.1 Å². The summed E-state index contributed by atoms with van der Waals surface area (Å²) in [6.45, 7) is 6.97. The number of nitrogens with one attached hydrogen (secondary N) is 1. The highest BCUT2D eigenvalue weighted by molar-refractivity contribution is 5.83. The van der Waals surface area contributed by atoms with Gasteiger partial charge in [0.1, 0.15) is 11.4 Å².